The van der Waals surface area contributed by atoms with Gasteiger partial charge in [-0.2, -0.15) is 0 Å². The summed E-state index contributed by atoms with van der Waals surface area (Å²) in [5, 5.41) is 2.47. The van der Waals surface area contributed by atoms with E-state index in [4.69, 9.17) is 18.1 Å². The minimum atomic E-state index is -3.93. The molecule has 0 aromatic heterocycles. The van der Waals surface area contributed by atoms with Crippen molar-refractivity contribution in [2.75, 3.05) is 26.4 Å². The highest BCUT2D eigenvalue weighted by atomic mass is 31.2. The first-order valence-corrected chi connectivity index (χ1v) is 11.1. The van der Waals surface area contributed by atoms with E-state index in [0.29, 0.717) is 6.42 Å². The van der Waals surface area contributed by atoms with E-state index in [1.54, 1.807) is 27.7 Å². The lowest BCUT2D eigenvalue weighted by atomic mass is 10.3. The first-order chi connectivity index (χ1) is 10.8. The summed E-state index contributed by atoms with van der Waals surface area (Å²) >= 11 is 0. The molecule has 0 saturated carbocycles. The zero-order valence-electron chi connectivity index (χ0n) is 14.6. The Hall–Kier alpha value is -0.230. The zero-order valence-corrected chi connectivity index (χ0v) is 16.4. The molecule has 138 valence electrons. The Kier molecular flexibility index (Phi) is 11.2. The number of carbonyl (C=O) groups is 1. The molecule has 0 aromatic rings. The molecule has 0 unspecified atom stereocenters. The maximum Gasteiger partial charge on any atom is 0.365 e. The Morgan fingerprint density at radius 1 is 0.826 bits per heavy atom. The van der Waals surface area contributed by atoms with Crippen LogP contribution in [0.5, 0.6) is 0 Å². The van der Waals surface area contributed by atoms with Crippen molar-refractivity contribution in [3.63, 3.8) is 0 Å². The third kappa shape index (κ3) is 7.04. The molecule has 0 aromatic carbocycles. The van der Waals surface area contributed by atoms with Crippen molar-refractivity contribution in [2.45, 2.75) is 53.0 Å². The van der Waals surface area contributed by atoms with Gasteiger partial charge >= 0.3 is 15.2 Å². The van der Waals surface area contributed by atoms with Crippen molar-refractivity contribution in [3.8, 4) is 0 Å². The number of hydrogen-bond acceptors (Lipinski definition) is 7. The molecule has 0 fully saturated rings. The monoisotopic (exact) mass is 373 g/mol. The lowest BCUT2D eigenvalue weighted by molar-refractivity contribution is -0.121. The number of carbonyl (C=O) groups excluding carboxylic acids is 1. The Balaban J connectivity index is 5.79. The van der Waals surface area contributed by atoms with Gasteiger partial charge in [-0.3, -0.25) is 13.9 Å². The van der Waals surface area contributed by atoms with Crippen molar-refractivity contribution in [3.05, 3.63) is 0 Å². The third-order valence-corrected chi connectivity index (χ3v) is 8.23. The van der Waals surface area contributed by atoms with Gasteiger partial charge in [-0.1, -0.05) is 6.92 Å². The predicted octanol–water partition coefficient (Wildman–Crippen LogP) is 3.72. The summed E-state index contributed by atoms with van der Waals surface area (Å²) < 4.78 is 47.1. The van der Waals surface area contributed by atoms with Crippen LogP contribution in [0.25, 0.3) is 0 Å². The van der Waals surface area contributed by atoms with Crippen LogP contribution in [-0.4, -0.2) is 37.9 Å². The van der Waals surface area contributed by atoms with Gasteiger partial charge in [-0.25, -0.2) is 0 Å². The highest BCUT2D eigenvalue weighted by Crippen LogP contribution is 2.69. The molecule has 8 nitrogen and oxygen atoms in total. The van der Waals surface area contributed by atoms with Crippen LogP contribution in [-0.2, 0) is 32.0 Å². The molecular weight excluding hydrogens is 344 g/mol. The van der Waals surface area contributed by atoms with E-state index < -0.39 is 26.6 Å². The predicted molar refractivity (Wildman–Crippen MR) is 88.6 cm³/mol. The molecule has 0 radical (unpaired) electrons. The molecule has 0 aliphatic carbocycles. The van der Waals surface area contributed by atoms with Gasteiger partial charge in [0, 0.05) is 6.42 Å². The third-order valence-electron chi connectivity index (χ3n) is 2.60. The second kappa shape index (κ2) is 11.3. The standard InChI is InChI=1S/C13H29NO7P2/c1-6-11-12(15)14-13(22(16,18-7-2)19-8-3)23(17,20-9-4)21-10-5/h13H,6-11H2,1-5H3,(H,14,15). The summed E-state index contributed by atoms with van der Waals surface area (Å²) in [5.41, 5.74) is -1.49. The van der Waals surface area contributed by atoms with Gasteiger partial charge in [0.15, 0.2) is 0 Å². The van der Waals surface area contributed by atoms with Crippen molar-refractivity contribution >= 4 is 21.1 Å². The maximum absolute atomic E-state index is 13.1. The number of nitrogens with one attached hydrogen (secondary N) is 1. The largest absolute Gasteiger partial charge is 0.365 e. The van der Waals surface area contributed by atoms with E-state index in [1.807, 2.05) is 6.92 Å². The van der Waals surface area contributed by atoms with E-state index in [9.17, 15) is 13.9 Å². The summed E-state index contributed by atoms with van der Waals surface area (Å²) in [7, 11) is -7.87. The first-order valence-electron chi connectivity index (χ1n) is 7.90. The highest BCUT2D eigenvalue weighted by molar-refractivity contribution is 7.72. The topological polar surface area (TPSA) is 100 Å². The molecule has 10 heteroatoms. The van der Waals surface area contributed by atoms with Crippen LogP contribution < -0.4 is 5.32 Å². The van der Waals surface area contributed by atoms with E-state index >= 15 is 0 Å². The normalized spacial score (nSPS) is 12.6. The van der Waals surface area contributed by atoms with Crippen LogP contribution in [0, 0.1) is 0 Å². The quantitative estimate of drug-likeness (QED) is 0.491. The van der Waals surface area contributed by atoms with Crippen LogP contribution in [0.1, 0.15) is 47.5 Å². The fraction of sp³-hybridized carbons (Fsp3) is 0.923. The van der Waals surface area contributed by atoms with Gasteiger partial charge in [-0.05, 0) is 34.1 Å². The summed E-state index contributed by atoms with van der Waals surface area (Å²) in [6, 6.07) is 0. The van der Waals surface area contributed by atoms with E-state index in [-0.39, 0.29) is 32.8 Å². The molecule has 0 atom stereocenters. The molecule has 0 saturated heterocycles. The van der Waals surface area contributed by atoms with Gasteiger partial charge < -0.3 is 23.4 Å². The van der Waals surface area contributed by atoms with Crippen molar-refractivity contribution in [1.82, 2.24) is 5.32 Å². The Morgan fingerprint density at radius 2 is 1.17 bits per heavy atom. The minimum Gasteiger partial charge on any atom is -0.332 e. The maximum atomic E-state index is 13.1. The molecule has 0 bridgehead atoms. The van der Waals surface area contributed by atoms with Gasteiger partial charge in [0.05, 0.1) is 26.4 Å². The fourth-order valence-corrected chi connectivity index (χ4v) is 6.79. The van der Waals surface area contributed by atoms with Crippen LogP contribution in [0.15, 0.2) is 0 Å². The Bertz CT molecular complexity index is 394. The first kappa shape index (κ1) is 22.8. The summed E-state index contributed by atoms with van der Waals surface area (Å²) in [5.74, 6) is -0.420. The van der Waals surface area contributed by atoms with E-state index in [2.05, 4.69) is 5.32 Å². The van der Waals surface area contributed by atoms with Crippen LogP contribution in [0.3, 0.4) is 0 Å². The molecular formula is C13H29NO7P2. The van der Waals surface area contributed by atoms with Crippen molar-refractivity contribution in [2.24, 2.45) is 0 Å². The van der Waals surface area contributed by atoms with Crippen LogP contribution in [0.2, 0.25) is 0 Å². The smallest absolute Gasteiger partial charge is 0.332 e. The van der Waals surface area contributed by atoms with Crippen LogP contribution in [0.4, 0.5) is 0 Å². The van der Waals surface area contributed by atoms with E-state index in [0.717, 1.165) is 0 Å². The molecule has 0 aliphatic heterocycles. The fourth-order valence-electron chi connectivity index (χ4n) is 1.85. The van der Waals surface area contributed by atoms with Crippen molar-refractivity contribution < 1.29 is 32.0 Å². The molecule has 1 amide bonds. The lowest BCUT2D eigenvalue weighted by Gasteiger charge is -2.31. The molecule has 0 rings (SSSR count). The van der Waals surface area contributed by atoms with E-state index in [1.165, 1.54) is 0 Å². The summed E-state index contributed by atoms with van der Waals surface area (Å²) in [4.78, 5) is 12.0. The summed E-state index contributed by atoms with van der Waals surface area (Å²) in [6.45, 7) is 8.60. The Labute approximate surface area is 138 Å². The highest BCUT2D eigenvalue weighted by Gasteiger charge is 2.51. The molecule has 1 N–H and O–H groups in total. The van der Waals surface area contributed by atoms with Gasteiger partial charge in [0.25, 0.3) is 0 Å². The SMILES string of the molecule is CCCC(=O)NC(P(=O)(OCC)OCC)P(=O)(OCC)OCC. The lowest BCUT2D eigenvalue weighted by Crippen LogP contribution is -2.36. The second-order valence-electron chi connectivity index (χ2n) is 4.44. The van der Waals surface area contributed by atoms with Crippen molar-refractivity contribution in [1.29, 1.82) is 0 Å². The average Bonchev–Trinajstić information content (AvgIpc) is 2.46. The Morgan fingerprint density at radius 3 is 1.43 bits per heavy atom. The van der Waals surface area contributed by atoms with Gasteiger partial charge in [0.2, 0.25) is 11.4 Å². The number of rotatable bonds is 13. The molecule has 23 heavy (non-hydrogen) atoms. The molecule has 0 spiro atoms. The van der Waals surface area contributed by atoms with Crippen LogP contribution >= 0.6 is 15.2 Å². The average molecular weight is 373 g/mol. The number of amides is 1. The molecule has 0 aliphatic rings. The minimum absolute atomic E-state index is 0.0652. The summed E-state index contributed by atoms with van der Waals surface area (Å²) in [6.07, 6.45) is 0.771. The molecule has 0 heterocycles. The second-order valence-corrected chi connectivity index (χ2v) is 9.07. The van der Waals surface area contributed by atoms with Gasteiger partial charge in [0.1, 0.15) is 0 Å². The number of hydrogen-bond donors (Lipinski definition) is 1. The zero-order chi connectivity index (χ0) is 17.9. The van der Waals surface area contributed by atoms with Gasteiger partial charge in [-0.15, -0.1) is 0 Å².